The van der Waals surface area contributed by atoms with E-state index in [1.807, 2.05) is 4.90 Å². The molecular weight excluding hydrogens is 454 g/mol. The number of ether oxygens (including phenoxy) is 3. The Morgan fingerprint density at radius 1 is 1.27 bits per heavy atom. The summed E-state index contributed by atoms with van der Waals surface area (Å²) in [5.41, 5.74) is 0.459. The standard InChI is InChI=1S/C21H26ClN5O6/c1-4-33-17-10-13(9-16(27(29)30)19(17)31-2)12-26(14-5-7-23-8-6-14)18-11-15(20(28)32-3)24-21(22)25-18/h9-11,14,23H,4-8,12H2,1-3H3. The van der Waals surface area contributed by atoms with E-state index >= 15 is 0 Å². The van der Waals surface area contributed by atoms with Gasteiger partial charge in [-0.2, -0.15) is 0 Å². The second-order valence-corrected chi connectivity index (χ2v) is 7.66. The Labute approximate surface area is 196 Å². The third kappa shape index (κ3) is 5.79. The summed E-state index contributed by atoms with van der Waals surface area (Å²) in [7, 11) is 2.62. The van der Waals surface area contributed by atoms with Crippen molar-refractivity contribution in [2.45, 2.75) is 32.4 Å². The van der Waals surface area contributed by atoms with Gasteiger partial charge < -0.3 is 24.4 Å². The SMILES string of the molecule is CCOc1cc(CN(c2cc(C(=O)OC)nc(Cl)n2)C2CCNCC2)cc([N+](=O)[O-])c1OC. The molecule has 1 N–H and O–H groups in total. The molecule has 33 heavy (non-hydrogen) atoms. The fourth-order valence-electron chi connectivity index (χ4n) is 3.81. The molecule has 3 rings (SSSR count). The lowest BCUT2D eigenvalue weighted by molar-refractivity contribution is -0.385. The average Bonchev–Trinajstić information content (AvgIpc) is 2.82. The molecule has 1 fully saturated rings. The van der Waals surface area contributed by atoms with Crippen LogP contribution in [-0.2, 0) is 11.3 Å². The van der Waals surface area contributed by atoms with Crippen LogP contribution in [0.3, 0.4) is 0 Å². The number of nitrogens with one attached hydrogen (secondary N) is 1. The van der Waals surface area contributed by atoms with Gasteiger partial charge in [0.25, 0.3) is 0 Å². The number of nitrogens with zero attached hydrogens (tertiary/aromatic N) is 4. The van der Waals surface area contributed by atoms with Gasteiger partial charge in [-0.05, 0) is 56.1 Å². The smallest absolute Gasteiger partial charge is 0.356 e. The fraction of sp³-hybridized carbons (Fsp3) is 0.476. The number of benzene rings is 1. The lowest BCUT2D eigenvalue weighted by Crippen LogP contribution is -2.43. The third-order valence-corrected chi connectivity index (χ3v) is 5.44. The topological polar surface area (TPSA) is 129 Å². The fourth-order valence-corrected chi connectivity index (χ4v) is 3.99. The van der Waals surface area contributed by atoms with Gasteiger partial charge in [-0.25, -0.2) is 14.8 Å². The first-order valence-corrected chi connectivity index (χ1v) is 10.8. The van der Waals surface area contributed by atoms with Crippen LogP contribution in [0.2, 0.25) is 5.28 Å². The monoisotopic (exact) mass is 479 g/mol. The third-order valence-electron chi connectivity index (χ3n) is 5.27. The predicted molar refractivity (Wildman–Crippen MR) is 121 cm³/mol. The summed E-state index contributed by atoms with van der Waals surface area (Å²) in [5.74, 6) is 0.144. The van der Waals surface area contributed by atoms with Crippen molar-refractivity contribution in [2.75, 3.05) is 38.8 Å². The second kappa shape index (κ2) is 11.1. The lowest BCUT2D eigenvalue weighted by atomic mass is 10.0. The number of hydrogen-bond acceptors (Lipinski definition) is 10. The zero-order valence-electron chi connectivity index (χ0n) is 18.7. The molecule has 0 bridgehead atoms. The van der Waals surface area contributed by atoms with Crippen molar-refractivity contribution in [1.82, 2.24) is 15.3 Å². The predicted octanol–water partition coefficient (Wildman–Crippen LogP) is 2.99. The summed E-state index contributed by atoms with van der Waals surface area (Å²) >= 11 is 6.12. The Bertz CT molecular complexity index is 1010. The molecule has 0 saturated carbocycles. The molecule has 2 aromatic rings. The number of rotatable bonds is 9. The molecule has 1 aromatic carbocycles. The number of anilines is 1. The first-order chi connectivity index (χ1) is 15.9. The van der Waals surface area contributed by atoms with Crippen molar-refractivity contribution in [1.29, 1.82) is 0 Å². The van der Waals surface area contributed by atoms with Crippen LogP contribution in [-0.4, -0.2) is 60.8 Å². The van der Waals surface area contributed by atoms with Crippen LogP contribution in [0.25, 0.3) is 0 Å². The summed E-state index contributed by atoms with van der Waals surface area (Å²) in [4.78, 5) is 33.5. The Morgan fingerprint density at radius 3 is 2.61 bits per heavy atom. The van der Waals surface area contributed by atoms with Crippen LogP contribution in [0.5, 0.6) is 11.5 Å². The zero-order valence-corrected chi connectivity index (χ0v) is 19.4. The van der Waals surface area contributed by atoms with E-state index in [0.29, 0.717) is 18.0 Å². The van der Waals surface area contributed by atoms with Gasteiger partial charge in [0.1, 0.15) is 5.82 Å². The Kier molecular flexibility index (Phi) is 8.23. The number of hydrogen-bond donors (Lipinski definition) is 1. The van der Waals surface area contributed by atoms with E-state index in [1.54, 1.807) is 13.0 Å². The van der Waals surface area contributed by atoms with Gasteiger partial charge in [-0.15, -0.1) is 0 Å². The van der Waals surface area contributed by atoms with Crippen LogP contribution in [0.1, 0.15) is 35.8 Å². The molecular formula is C21H26ClN5O6. The van der Waals surface area contributed by atoms with Crippen LogP contribution in [0.15, 0.2) is 18.2 Å². The van der Waals surface area contributed by atoms with Crippen molar-refractivity contribution in [2.24, 2.45) is 0 Å². The number of methoxy groups -OCH3 is 2. The molecule has 0 spiro atoms. The van der Waals surface area contributed by atoms with Crippen molar-refractivity contribution in [3.05, 3.63) is 44.9 Å². The second-order valence-electron chi connectivity index (χ2n) is 7.32. The number of nitro benzene ring substituents is 1. The molecule has 1 aliphatic rings. The number of carbonyl (C=O) groups is 1. The molecule has 2 heterocycles. The highest BCUT2D eigenvalue weighted by Crippen LogP contribution is 2.39. The first kappa shape index (κ1) is 24.5. The Balaban J connectivity index is 2.07. The summed E-state index contributed by atoms with van der Waals surface area (Å²) in [5, 5.41) is 14.9. The van der Waals surface area contributed by atoms with Gasteiger partial charge in [-0.3, -0.25) is 10.1 Å². The zero-order chi connectivity index (χ0) is 24.0. The van der Waals surface area contributed by atoms with Crippen molar-refractivity contribution < 1.29 is 23.9 Å². The van der Waals surface area contributed by atoms with Crippen LogP contribution in [0.4, 0.5) is 11.5 Å². The number of aromatic nitrogens is 2. The lowest BCUT2D eigenvalue weighted by Gasteiger charge is -2.36. The van der Waals surface area contributed by atoms with E-state index in [1.165, 1.54) is 26.4 Å². The summed E-state index contributed by atoms with van der Waals surface area (Å²) in [6, 6.07) is 4.74. The molecule has 0 amide bonds. The van der Waals surface area contributed by atoms with Gasteiger partial charge >= 0.3 is 11.7 Å². The molecule has 1 aliphatic heterocycles. The number of nitro groups is 1. The summed E-state index contributed by atoms with van der Waals surface area (Å²) in [6.07, 6.45) is 1.62. The minimum absolute atomic E-state index is 0.0298. The molecule has 1 saturated heterocycles. The maximum Gasteiger partial charge on any atom is 0.356 e. The molecule has 11 nitrogen and oxygen atoms in total. The first-order valence-electron chi connectivity index (χ1n) is 10.5. The summed E-state index contributed by atoms with van der Waals surface area (Å²) < 4.78 is 15.6. The average molecular weight is 480 g/mol. The highest BCUT2D eigenvalue weighted by Gasteiger charge is 2.27. The van der Waals surface area contributed by atoms with E-state index in [0.717, 1.165) is 25.9 Å². The molecule has 12 heteroatoms. The van der Waals surface area contributed by atoms with Gasteiger partial charge in [0, 0.05) is 24.7 Å². The molecule has 178 valence electrons. The van der Waals surface area contributed by atoms with Crippen molar-refractivity contribution in [3.63, 3.8) is 0 Å². The van der Waals surface area contributed by atoms with E-state index in [-0.39, 0.29) is 40.8 Å². The largest absolute Gasteiger partial charge is 0.490 e. The molecule has 1 aromatic heterocycles. The van der Waals surface area contributed by atoms with Gasteiger partial charge in [-0.1, -0.05) is 0 Å². The van der Waals surface area contributed by atoms with Gasteiger partial charge in [0.15, 0.2) is 11.4 Å². The van der Waals surface area contributed by atoms with E-state index < -0.39 is 10.9 Å². The number of halogens is 1. The minimum Gasteiger partial charge on any atom is -0.490 e. The van der Waals surface area contributed by atoms with Crippen LogP contribution in [0, 0.1) is 10.1 Å². The molecule has 0 aliphatic carbocycles. The molecule has 0 unspecified atom stereocenters. The summed E-state index contributed by atoms with van der Waals surface area (Å²) in [6.45, 7) is 3.98. The normalized spacial score (nSPS) is 13.9. The number of piperidine rings is 1. The number of esters is 1. The highest BCUT2D eigenvalue weighted by atomic mass is 35.5. The maximum atomic E-state index is 12.1. The van der Waals surface area contributed by atoms with Gasteiger partial charge in [0.2, 0.25) is 11.0 Å². The minimum atomic E-state index is -0.635. The maximum absolute atomic E-state index is 12.1. The van der Waals surface area contributed by atoms with E-state index in [2.05, 4.69) is 15.3 Å². The van der Waals surface area contributed by atoms with E-state index in [9.17, 15) is 14.9 Å². The number of carbonyl (C=O) groups excluding carboxylic acids is 1. The van der Waals surface area contributed by atoms with Gasteiger partial charge in [0.05, 0.1) is 25.7 Å². The van der Waals surface area contributed by atoms with Crippen molar-refractivity contribution >= 4 is 29.1 Å². The molecule has 0 atom stereocenters. The molecule has 0 radical (unpaired) electrons. The van der Waals surface area contributed by atoms with Crippen molar-refractivity contribution in [3.8, 4) is 11.5 Å². The van der Waals surface area contributed by atoms with Crippen LogP contribution >= 0.6 is 11.6 Å². The van der Waals surface area contributed by atoms with E-state index in [4.69, 9.17) is 25.8 Å². The highest BCUT2D eigenvalue weighted by molar-refractivity contribution is 6.28. The van der Waals surface area contributed by atoms with Crippen LogP contribution < -0.4 is 19.7 Å². The Morgan fingerprint density at radius 2 is 2.00 bits per heavy atom. The Hall–Kier alpha value is -3.18. The quantitative estimate of drug-likeness (QED) is 0.248.